The number of esters is 1. The van der Waals surface area contributed by atoms with E-state index < -0.39 is 12.1 Å². The molecule has 0 aliphatic carbocycles. The third-order valence-electron chi connectivity index (χ3n) is 4.97. The summed E-state index contributed by atoms with van der Waals surface area (Å²) in [6.07, 6.45) is 14.5. The predicted molar refractivity (Wildman–Crippen MR) is 120 cm³/mol. The summed E-state index contributed by atoms with van der Waals surface area (Å²) in [4.78, 5) is 23.5. The molecule has 2 N–H and O–H groups in total. The Morgan fingerprint density at radius 3 is 1.93 bits per heavy atom. The number of carbonyl (C=O) groups is 2. The molecule has 0 aromatic heterocycles. The van der Waals surface area contributed by atoms with Crippen molar-refractivity contribution >= 4 is 17.7 Å². The minimum Gasteiger partial charge on any atom is -0.507 e. The maximum Gasteiger partial charge on any atom is 0.411 e. The maximum absolute atomic E-state index is 11.8. The molecule has 0 saturated heterocycles. The highest BCUT2D eigenvalue weighted by atomic mass is 16.5. The molecule has 0 bridgehead atoms. The lowest BCUT2D eigenvalue weighted by atomic mass is 10.1. The Kier molecular flexibility index (Phi) is 14.2. The number of phenols is 1. The molecular weight excluding hydrogens is 382 g/mol. The van der Waals surface area contributed by atoms with E-state index in [2.05, 4.69) is 12.2 Å². The fraction of sp³-hybridized carbons (Fsp3) is 0.667. The molecule has 1 aromatic rings. The fourth-order valence-corrected chi connectivity index (χ4v) is 3.25. The molecule has 0 radical (unpaired) electrons. The maximum atomic E-state index is 11.8. The van der Waals surface area contributed by atoms with Gasteiger partial charge in [0.2, 0.25) is 0 Å². The van der Waals surface area contributed by atoms with Crippen molar-refractivity contribution in [2.75, 3.05) is 18.5 Å². The number of anilines is 1. The van der Waals surface area contributed by atoms with Crippen LogP contribution in [0.5, 0.6) is 5.75 Å². The molecule has 0 atom stereocenters. The van der Waals surface area contributed by atoms with Gasteiger partial charge in [-0.1, -0.05) is 77.6 Å². The zero-order valence-electron chi connectivity index (χ0n) is 18.7. The van der Waals surface area contributed by atoms with Crippen LogP contribution in [0.4, 0.5) is 10.5 Å². The molecule has 0 spiro atoms. The molecule has 30 heavy (non-hydrogen) atoms. The number of phenolic OH excluding ortho intramolecular Hbond substituents is 1. The highest BCUT2D eigenvalue weighted by Crippen LogP contribution is 2.23. The van der Waals surface area contributed by atoms with Gasteiger partial charge in [0, 0.05) is 11.8 Å². The summed E-state index contributed by atoms with van der Waals surface area (Å²) >= 11 is 0. The Morgan fingerprint density at radius 1 is 0.833 bits per heavy atom. The van der Waals surface area contributed by atoms with E-state index in [0.717, 1.165) is 12.8 Å². The number of benzene rings is 1. The van der Waals surface area contributed by atoms with Gasteiger partial charge in [0.15, 0.2) is 0 Å². The predicted octanol–water partition coefficient (Wildman–Crippen LogP) is 6.82. The molecule has 0 fully saturated rings. The quantitative estimate of drug-likeness (QED) is 0.226. The van der Waals surface area contributed by atoms with E-state index in [9.17, 15) is 14.7 Å². The fourth-order valence-electron chi connectivity index (χ4n) is 3.25. The van der Waals surface area contributed by atoms with Gasteiger partial charge in [0.25, 0.3) is 0 Å². The van der Waals surface area contributed by atoms with Crippen molar-refractivity contribution in [3.8, 4) is 5.75 Å². The van der Waals surface area contributed by atoms with Crippen molar-refractivity contribution < 1.29 is 24.2 Å². The largest absolute Gasteiger partial charge is 0.507 e. The van der Waals surface area contributed by atoms with Gasteiger partial charge in [-0.25, -0.2) is 9.59 Å². The smallest absolute Gasteiger partial charge is 0.411 e. The Labute approximate surface area is 181 Å². The van der Waals surface area contributed by atoms with Crippen molar-refractivity contribution in [3.05, 3.63) is 23.8 Å². The Balaban J connectivity index is 2.06. The van der Waals surface area contributed by atoms with Crippen molar-refractivity contribution in [2.45, 2.75) is 90.9 Å². The lowest BCUT2D eigenvalue weighted by molar-refractivity contribution is 0.0523. The van der Waals surface area contributed by atoms with Crippen LogP contribution >= 0.6 is 0 Å². The Morgan fingerprint density at radius 2 is 1.40 bits per heavy atom. The minimum absolute atomic E-state index is 0.0623. The molecule has 1 amide bonds. The average Bonchev–Trinajstić information content (AvgIpc) is 2.71. The number of hydrogen-bond donors (Lipinski definition) is 2. The molecule has 6 nitrogen and oxygen atoms in total. The van der Waals surface area contributed by atoms with Crippen LogP contribution in [0, 0.1) is 0 Å². The number of amides is 1. The van der Waals surface area contributed by atoms with E-state index >= 15 is 0 Å². The summed E-state index contributed by atoms with van der Waals surface area (Å²) in [6, 6.07) is 4.24. The van der Waals surface area contributed by atoms with Crippen LogP contribution in [0.15, 0.2) is 18.2 Å². The van der Waals surface area contributed by atoms with Gasteiger partial charge in [-0.2, -0.15) is 0 Å². The number of unbranched alkanes of at least 4 members (excludes halogenated alkanes) is 11. The third-order valence-corrected chi connectivity index (χ3v) is 4.97. The van der Waals surface area contributed by atoms with Crippen LogP contribution in [-0.4, -0.2) is 30.4 Å². The molecule has 1 aromatic carbocycles. The molecule has 0 aliphatic heterocycles. The van der Waals surface area contributed by atoms with Gasteiger partial charge >= 0.3 is 12.1 Å². The minimum atomic E-state index is -0.601. The standard InChI is InChI=1S/C24H39NO5/c1-3-5-6-7-8-9-10-11-12-13-14-15-18-30-24(28)25-20-16-17-21(22(26)19-20)23(27)29-4-2/h16-17,19,26H,3-15,18H2,1-2H3,(H,25,28). The summed E-state index contributed by atoms with van der Waals surface area (Å²) in [6.45, 7) is 4.54. The Bertz CT molecular complexity index is 618. The van der Waals surface area contributed by atoms with E-state index in [-0.39, 0.29) is 17.9 Å². The van der Waals surface area contributed by atoms with Crippen molar-refractivity contribution in [2.24, 2.45) is 0 Å². The van der Waals surface area contributed by atoms with Gasteiger partial charge in [0.1, 0.15) is 11.3 Å². The van der Waals surface area contributed by atoms with E-state index in [4.69, 9.17) is 9.47 Å². The van der Waals surface area contributed by atoms with Gasteiger partial charge in [-0.05, 0) is 25.5 Å². The highest BCUT2D eigenvalue weighted by molar-refractivity contribution is 5.94. The van der Waals surface area contributed by atoms with Crippen molar-refractivity contribution in [1.29, 1.82) is 0 Å². The van der Waals surface area contributed by atoms with Crippen LogP contribution in [-0.2, 0) is 9.47 Å². The van der Waals surface area contributed by atoms with E-state index in [1.165, 1.54) is 82.4 Å². The van der Waals surface area contributed by atoms with Crippen LogP contribution in [0.2, 0.25) is 0 Å². The normalized spacial score (nSPS) is 10.6. The van der Waals surface area contributed by atoms with Crippen LogP contribution in [0.3, 0.4) is 0 Å². The number of aromatic hydroxyl groups is 1. The van der Waals surface area contributed by atoms with E-state index in [1.54, 1.807) is 6.92 Å². The van der Waals surface area contributed by atoms with E-state index in [0.29, 0.717) is 12.3 Å². The first kappa shape index (κ1) is 25.8. The molecule has 0 saturated carbocycles. The zero-order chi connectivity index (χ0) is 22.0. The monoisotopic (exact) mass is 421 g/mol. The lowest BCUT2D eigenvalue weighted by Gasteiger charge is -2.09. The summed E-state index contributed by atoms with van der Waals surface area (Å²) in [5, 5.41) is 12.5. The lowest BCUT2D eigenvalue weighted by Crippen LogP contribution is -2.14. The molecule has 170 valence electrons. The first-order chi connectivity index (χ1) is 14.6. The number of carbonyl (C=O) groups excluding carboxylic acids is 2. The molecule has 0 heterocycles. The topological polar surface area (TPSA) is 84.9 Å². The van der Waals surface area contributed by atoms with Gasteiger partial charge in [-0.15, -0.1) is 0 Å². The second-order valence-electron chi connectivity index (χ2n) is 7.60. The zero-order valence-corrected chi connectivity index (χ0v) is 18.7. The van der Waals surface area contributed by atoms with Crippen LogP contribution in [0.1, 0.15) is 101 Å². The molecular formula is C24H39NO5. The Hall–Kier alpha value is -2.24. The number of hydrogen-bond acceptors (Lipinski definition) is 5. The molecule has 0 aliphatic rings. The molecule has 6 heteroatoms. The van der Waals surface area contributed by atoms with Crippen LogP contribution in [0.25, 0.3) is 0 Å². The number of nitrogens with one attached hydrogen (secondary N) is 1. The summed E-state index contributed by atoms with van der Waals surface area (Å²) in [7, 11) is 0. The summed E-state index contributed by atoms with van der Waals surface area (Å²) in [5.74, 6) is -0.844. The van der Waals surface area contributed by atoms with Gasteiger partial charge in [-0.3, -0.25) is 5.32 Å². The van der Waals surface area contributed by atoms with E-state index in [1.807, 2.05) is 0 Å². The third kappa shape index (κ3) is 11.7. The van der Waals surface area contributed by atoms with Crippen molar-refractivity contribution in [3.63, 3.8) is 0 Å². The van der Waals surface area contributed by atoms with Gasteiger partial charge < -0.3 is 14.6 Å². The first-order valence-corrected chi connectivity index (χ1v) is 11.5. The van der Waals surface area contributed by atoms with Crippen molar-refractivity contribution in [1.82, 2.24) is 0 Å². The SMILES string of the molecule is CCCCCCCCCCCCCCOC(=O)Nc1ccc(C(=O)OCC)c(O)c1. The molecule has 1 rings (SSSR count). The second kappa shape index (κ2) is 16.5. The summed E-state index contributed by atoms with van der Waals surface area (Å²) < 4.78 is 10.0. The van der Waals surface area contributed by atoms with Crippen LogP contribution < -0.4 is 5.32 Å². The second-order valence-corrected chi connectivity index (χ2v) is 7.60. The van der Waals surface area contributed by atoms with Gasteiger partial charge in [0.05, 0.1) is 13.2 Å². The first-order valence-electron chi connectivity index (χ1n) is 11.5. The average molecular weight is 422 g/mol. The summed E-state index contributed by atoms with van der Waals surface area (Å²) in [5.41, 5.74) is 0.424. The number of rotatable bonds is 16. The molecule has 0 unspecified atom stereocenters. The highest BCUT2D eigenvalue weighted by Gasteiger charge is 2.13. The number of ether oxygens (including phenoxy) is 2.